The van der Waals surface area contributed by atoms with Crippen LogP contribution in [0.25, 0.3) is 0 Å². The van der Waals surface area contributed by atoms with Gasteiger partial charge in [0.1, 0.15) is 5.82 Å². The molecule has 2 N–H and O–H groups in total. The maximum atomic E-state index is 13.1. The molecule has 0 spiro atoms. The summed E-state index contributed by atoms with van der Waals surface area (Å²) in [6.45, 7) is 1.95. The van der Waals surface area contributed by atoms with Gasteiger partial charge in [0.15, 0.2) is 0 Å². The second kappa shape index (κ2) is 6.36. The zero-order valence-corrected chi connectivity index (χ0v) is 13.3. The Bertz CT molecular complexity index is 498. The van der Waals surface area contributed by atoms with E-state index in [0.717, 1.165) is 24.8 Å². The summed E-state index contributed by atoms with van der Waals surface area (Å²) in [5.74, 6) is 0.204. The molecule has 3 nitrogen and oxygen atoms in total. The minimum atomic E-state index is -0.914. The summed E-state index contributed by atoms with van der Waals surface area (Å²) in [5, 5.41) is 13.0. The molecule has 1 saturated carbocycles. The number of amides is 1. The highest BCUT2D eigenvalue weighted by molar-refractivity contribution is 7.98. The van der Waals surface area contributed by atoms with Crippen LogP contribution in [0, 0.1) is 5.82 Å². The number of thioether (sulfide) groups is 1. The Balaban J connectivity index is 2.07. The largest absolute Gasteiger partial charge is 0.387 e. The van der Waals surface area contributed by atoms with Gasteiger partial charge >= 0.3 is 0 Å². The van der Waals surface area contributed by atoms with Crippen molar-refractivity contribution in [3.8, 4) is 0 Å². The Labute approximate surface area is 129 Å². The molecule has 0 radical (unpaired) electrons. The van der Waals surface area contributed by atoms with Crippen LogP contribution in [0.2, 0.25) is 0 Å². The van der Waals surface area contributed by atoms with Crippen molar-refractivity contribution in [2.45, 2.75) is 37.2 Å². The number of rotatable bonds is 6. The molecular weight excluding hydrogens is 289 g/mol. The zero-order chi connectivity index (χ0) is 15.5. The lowest BCUT2D eigenvalue weighted by Crippen LogP contribution is -2.53. The minimum Gasteiger partial charge on any atom is -0.387 e. The van der Waals surface area contributed by atoms with Gasteiger partial charge in [0.05, 0.1) is 11.0 Å². The van der Waals surface area contributed by atoms with Gasteiger partial charge in [-0.3, -0.25) is 4.79 Å². The molecule has 0 saturated heterocycles. The molecule has 1 fully saturated rings. The van der Waals surface area contributed by atoms with E-state index in [1.165, 1.54) is 12.1 Å². The van der Waals surface area contributed by atoms with E-state index < -0.39 is 11.0 Å². The Hall–Kier alpha value is -1.07. The lowest BCUT2D eigenvalue weighted by atomic mass is 9.63. The maximum absolute atomic E-state index is 13.1. The summed E-state index contributed by atoms with van der Waals surface area (Å²) in [7, 11) is 0. The van der Waals surface area contributed by atoms with Gasteiger partial charge in [0.25, 0.3) is 0 Å². The van der Waals surface area contributed by atoms with Crippen LogP contribution in [-0.2, 0) is 10.2 Å². The predicted octanol–water partition coefficient (Wildman–Crippen LogP) is 2.48. The average Bonchev–Trinajstić information content (AvgIpc) is 2.37. The topological polar surface area (TPSA) is 49.3 Å². The number of aliphatic hydroxyl groups is 1. The van der Waals surface area contributed by atoms with Crippen molar-refractivity contribution in [3.63, 3.8) is 0 Å². The molecule has 1 aliphatic rings. The van der Waals surface area contributed by atoms with Crippen LogP contribution in [0.15, 0.2) is 24.3 Å². The third-order valence-electron chi connectivity index (χ3n) is 4.12. The third-order valence-corrected chi connectivity index (χ3v) is 5.03. The van der Waals surface area contributed by atoms with E-state index >= 15 is 0 Å². The van der Waals surface area contributed by atoms with Crippen molar-refractivity contribution < 1.29 is 14.3 Å². The number of halogens is 1. The van der Waals surface area contributed by atoms with Gasteiger partial charge in [-0.25, -0.2) is 4.39 Å². The molecule has 0 bridgehead atoms. The quantitative estimate of drug-likeness (QED) is 0.848. The fourth-order valence-electron chi connectivity index (χ4n) is 2.75. The molecule has 1 aromatic carbocycles. The Morgan fingerprint density at radius 2 is 2.05 bits per heavy atom. The summed E-state index contributed by atoms with van der Waals surface area (Å²) >= 11 is 1.54. The van der Waals surface area contributed by atoms with Gasteiger partial charge in [-0.05, 0) is 43.7 Å². The van der Waals surface area contributed by atoms with Gasteiger partial charge in [-0.15, -0.1) is 0 Å². The van der Waals surface area contributed by atoms with Crippen molar-refractivity contribution in [2.75, 3.05) is 18.6 Å². The van der Waals surface area contributed by atoms with Crippen molar-refractivity contribution in [2.24, 2.45) is 0 Å². The first-order chi connectivity index (χ1) is 9.89. The van der Waals surface area contributed by atoms with E-state index in [9.17, 15) is 14.3 Å². The lowest BCUT2D eigenvalue weighted by Gasteiger charge is -2.41. The first kappa shape index (κ1) is 16.3. The maximum Gasteiger partial charge on any atom is 0.230 e. The number of nitrogens with one attached hydrogen (secondary N) is 1. The van der Waals surface area contributed by atoms with Crippen LogP contribution in [0.5, 0.6) is 0 Å². The lowest BCUT2D eigenvalue weighted by molar-refractivity contribution is -0.130. The van der Waals surface area contributed by atoms with Crippen LogP contribution in [0.4, 0.5) is 4.39 Å². The van der Waals surface area contributed by atoms with Crippen molar-refractivity contribution in [1.82, 2.24) is 5.32 Å². The molecule has 116 valence electrons. The van der Waals surface area contributed by atoms with Crippen LogP contribution in [0.1, 0.15) is 31.7 Å². The summed E-state index contributed by atoms with van der Waals surface area (Å²) < 4.78 is 13.1. The van der Waals surface area contributed by atoms with E-state index in [4.69, 9.17) is 0 Å². The number of hydrogen-bond donors (Lipinski definition) is 2. The molecule has 2 rings (SSSR count). The van der Waals surface area contributed by atoms with E-state index in [0.29, 0.717) is 5.75 Å². The molecule has 0 aromatic heterocycles. The van der Waals surface area contributed by atoms with Gasteiger partial charge in [-0.2, -0.15) is 11.8 Å². The summed E-state index contributed by atoms with van der Waals surface area (Å²) in [4.78, 5) is 12.6. The van der Waals surface area contributed by atoms with Crippen LogP contribution < -0.4 is 5.32 Å². The highest BCUT2D eigenvalue weighted by Gasteiger charge is 2.45. The second-order valence-corrected chi connectivity index (χ2v) is 6.92. The Kier molecular flexibility index (Phi) is 4.94. The average molecular weight is 311 g/mol. The van der Waals surface area contributed by atoms with Crippen molar-refractivity contribution >= 4 is 17.7 Å². The van der Waals surface area contributed by atoms with E-state index in [2.05, 4.69) is 5.32 Å². The third kappa shape index (κ3) is 3.58. The number of carbonyl (C=O) groups is 1. The van der Waals surface area contributed by atoms with Gasteiger partial charge in [0.2, 0.25) is 5.91 Å². The highest BCUT2D eigenvalue weighted by Crippen LogP contribution is 2.44. The predicted molar refractivity (Wildman–Crippen MR) is 83.9 cm³/mol. The highest BCUT2D eigenvalue weighted by atomic mass is 32.2. The molecule has 0 aliphatic heterocycles. The minimum absolute atomic E-state index is 0.0678. The van der Waals surface area contributed by atoms with Crippen LogP contribution in [-0.4, -0.2) is 35.2 Å². The van der Waals surface area contributed by atoms with Crippen LogP contribution in [0.3, 0.4) is 0 Å². The van der Waals surface area contributed by atoms with Crippen LogP contribution >= 0.6 is 11.8 Å². The Morgan fingerprint density at radius 3 is 2.52 bits per heavy atom. The fraction of sp³-hybridized carbons (Fsp3) is 0.562. The zero-order valence-electron chi connectivity index (χ0n) is 12.5. The second-order valence-electron chi connectivity index (χ2n) is 6.06. The number of hydrogen-bond acceptors (Lipinski definition) is 3. The molecule has 0 heterocycles. The van der Waals surface area contributed by atoms with Gasteiger partial charge in [0, 0.05) is 12.3 Å². The SMILES string of the molecule is CSCC(C)(O)CNC(=O)C1(c2ccc(F)cc2)CCC1. The fourth-order valence-corrected chi connectivity index (χ4v) is 3.47. The molecule has 1 aromatic rings. The molecule has 1 unspecified atom stereocenters. The van der Waals surface area contributed by atoms with Crippen molar-refractivity contribution in [1.29, 1.82) is 0 Å². The standard InChI is InChI=1S/C16H22FNO2S/c1-15(20,11-21-2)10-18-14(19)16(8-3-9-16)12-4-6-13(17)7-5-12/h4-7,20H,3,8-11H2,1-2H3,(H,18,19). The molecule has 1 atom stereocenters. The molecule has 1 aliphatic carbocycles. The van der Waals surface area contributed by atoms with Crippen molar-refractivity contribution in [3.05, 3.63) is 35.6 Å². The first-order valence-corrected chi connectivity index (χ1v) is 8.55. The monoisotopic (exact) mass is 311 g/mol. The molecule has 5 heteroatoms. The van der Waals surface area contributed by atoms with E-state index in [1.54, 1.807) is 30.8 Å². The molecular formula is C16H22FNO2S. The summed E-state index contributed by atoms with van der Waals surface area (Å²) in [6, 6.07) is 6.17. The smallest absolute Gasteiger partial charge is 0.230 e. The number of carbonyl (C=O) groups excluding carboxylic acids is 1. The van der Waals surface area contributed by atoms with Gasteiger partial charge in [-0.1, -0.05) is 18.6 Å². The number of benzene rings is 1. The summed E-state index contributed by atoms with van der Waals surface area (Å²) in [5.41, 5.74) is -0.608. The van der Waals surface area contributed by atoms with Gasteiger partial charge < -0.3 is 10.4 Å². The normalized spacial score (nSPS) is 19.4. The molecule has 1 amide bonds. The molecule has 21 heavy (non-hydrogen) atoms. The van der Waals surface area contributed by atoms with E-state index in [1.807, 2.05) is 6.26 Å². The first-order valence-electron chi connectivity index (χ1n) is 7.15. The Morgan fingerprint density at radius 1 is 1.43 bits per heavy atom. The summed E-state index contributed by atoms with van der Waals surface area (Å²) in [6.07, 6.45) is 4.46. The van der Waals surface area contributed by atoms with E-state index in [-0.39, 0.29) is 18.3 Å².